The van der Waals surface area contributed by atoms with Crippen LogP contribution in [0.15, 0.2) is 12.1 Å². The number of allylic oxidation sites excluding steroid dienone is 2. The molecule has 0 radical (unpaired) electrons. The van der Waals surface area contributed by atoms with E-state index in [1.54, 1.807) is 0 Å². The summed E-state index contributed by atoms with van der Waals surface area (Å²) in [5.41, 5.74) is 3.18. The molecule has 0 bridgehead atoms. The maximum Gasteiger partial charge on any atom is 0.154 e. The first-order chi connectivity index (χ1) is 5.63. The van der Waals surface area contributed by atoms with Gasteiger partial charge in [0.15, 0.2) is 5.82 Å². The second kappa shape index (κ2) is 3.48. The van der Waals surface area contributed by atoms with E-state index in [1.807, 2.05) is 39.8 Å². The first kappa shape index (κ1) is 8.91. The van der Waals surface area contributed by atoms with Gasteiger partial charge >= 0.3 is 0 Å². The van der Waals surface area contributed by atoms with Crippen molar-refractivity contribution in [3.8, 4) is 0 Å². The molecule has 1 aromatic heterocycles. The van der Waals surface area contributed by atoms with Crippen molar-refractivity contribution in [1.82, 2.24) is 9.97 Å². The molecule has 2 heteroatoms. The van der Waals surface area contributed by atoms with Crippen LogP contribution in [-0.2, 0) is 0 Å². The van der Waals surface area contributed by atoms with Crippen LogP contribution in [0.25, 0.3) is 5.57 Å². The highest BCUT2D eigenvalue weighted by Gasteiger charge is 1.99. The molecule has 0 aliphatic carbocycles. The van der Waals surface area contributed by atoms with Gasteiger partial charge in [0.1, 0.15) is 0 Å². The van der Waals surface area contributed by atoms with Crippen molar-refractivity contribution < 1.29 is 0 Å². The van der Waals surface area contributed by atoms with Crippen LogP contribution in [0.1, 0.15) is 31.1 Å². The van der Waals surface area contributed by atoms with Gasteiger partial charge in [-0.3, -0.25) is 0 Å². The SMILES string of the molecule is C/C=C(\C)c1nc(C)cc(C)n1. The normalized spacial score (nSPS) is 11.8. The van der Waals surface area contributed by atoms with Gasteiger partial charge in [-0.05, 0) is 39.3 Å². The van der Waals surface area contributed by atoms with Crippen LogP contribution in [0.5, 0.6) is 0 Å². The molecule has 0 atom stereocenters. The van der Waals surface area contributed by atoms with Crippen LogP contribution in [0.3, 0.4) is 0 Å². The second-order valence-electron chi connectivity index (χ2n) is 2.95. The molecule has 0 spiro atoms. The van der Waals surface area contributed by atoms with Crippen molar-refractivity contribution in [2.75, 3.05) is 0 Å². The van der Waals surface area contributed by atoms with Crippen molar-refractivity contribution in [2.45, 2.75) is 27.7 Å². The number of aromatic nitrogens is 2. The molecule has 0 aliphatic rings. The second-order valence-corrected chi connectivity index (χ2v) is 2.95. The molecular weight excluding hydrogens is 148 g/mol. The number of rotatable bonds is 1. The number of aryl methyl sites for hydroxylation is 2. The lowest BCUT2D eigenvalue weighted by Crippen LogP contribution is -1.96. The fourth-order valence-corrected chi connectivity index (χ4v) is 1.03. The number of hydrogen-bond donors (Lipinski definition) is 0. The van der Waals surface area contributed by atoms with Crippen LogP contribution in [0.4, 0.5) is 0 Å². The highest BCUT2D eigenvalue weighted by molar-refractivity contribution is 5.56. The smallest absolute Gasteiger partial charge is 0.154 e. The zero-order valence-corrected chi connectivity index (χ0v) is 8.05. The zero-order valence-electron chi connectivity index (χ0n) is 8.05. The first-order valence-electron chi connectivity index (χ1n) is 4.09. The number of hydrogen-bond acceptors (Lipinski definition) is 2. The molecule has 0 aliphatic heterocycles. The Morgan fingerprint density at radius 1 is 1.25 bits per heavy atom. The summed E-state index contributed by atoms with van der Waals surface area (Å²) in [5, 5.41) is 0. The molecule has 0 fully saturated rings. The van der Waals surface area contributed by atoms with E-state index < -0.39 is 0 Å². The summed E-state index contributed by atoms with van der Waals surface area (Å²) < 4.78 is 0. The molecule has 1 heterocycles. The van der Waals surface area contributed by atoms with Gasteiger partial charge in [0.2, 0.25) is 0 Å². The van der Waals surface area contributed by atoms with Crippen LogP contribution in [-0.4, -0.2) is 9.97 Å². The topological polar surface area (TPSA) is 25.8 Å². The highest BCUT2D eigenvalue weighted by atomic mass is 14.9. The summed E-state index contributed by atoms with van der Waals surface area (Å²) in [6.45, 7) is 7.99. The molecule has 0 N–H and O–H groups in total. The third-order valence-electron chi connectivity index (χ3n) is 1.77. The van der Waals surface area contributed by atoms with Gasteiger partial charge in [-0.2, -0.15) is 0 Å². The molecule has 1 rings (SSSR count). The van der Waals surface area contributed by atoms with Crippen molar-refractivity contribution in [3.05, 3.63) is 29.4 Å². The van der Waals surface area contributed by atoms with E-state index in [9.17, 15) is 0 Å². The minimum absolute atomic E-state index is 0.843. The van der Waals surface area contributed by atoms with Crippen LogP contribution < -0.4 is 0 Å². The lowest BCUT2D eigenvalue weighted by atomic mass is 10.2. The molecule has 0 aromatic carbocycles. The Balaban J connectivity index is 3.17. The summed E-state index contributed by atoms with van der Waals surface area (Å²) in [4.78, 5) is 8.65. The Kier molecular flexibility index (Phi) is 2.58. The maximum absolute atomic E-state index is 4.33. The standard InChI is InChI=1S/C10H14N2/c1-5-7(2)10-11-8(3)6-9(4)12-10/h5-6H,1-4H3/b7-5+. The Morgan fingerprint density at radius 3 is 2.17 bits per heavy atom. The van der Waals surface area contributed by atoms with E-state index in [-0.39, 0.29) is 0 Å². The lowest BCUT2D eigenvalue weighted by molar-refractivity contribution is 1.02. The maximum atomic E-state index is 4.33. The third kappa shape index (κ3) is 1.91. The van der Waals surface area contributed by atoms with Gasteiger partial charge in [-0.25, -0.2) is 9.97 Å². The Morgan fingerprint density at radius 2 is 1.75 bits per heavy atom. The Labute approximate surface area is 73.4 Å². The van der Waals surface area contributed by atoms with E-state index >= 15 is 0 Å². The number of nitrogens with zero attached hydrogens (tertiary/aromatic N) is 2. The zero-order chi connectivity index (χ0) is 9.14. The molecular formula is C10H14N2. The predicted molar refractivity (Wildman–Crippen MR) is 50.8 cm³/mol. The molecule has 0 unspecified atom stereocenters. The fourth-order valence-electron chi connectivity index (χ4n) is 1.03. The van der Waals surface area contributed by atoms with Gasteiger partial charge in [-0.15, -0.1) is 0 Å². The van der Waals surface area contributed by atoms with Gasteiger partial charge in [-0.1, -0.05) is 6.08 Å². The summed E-state index contributed by atoms with van der Waals surface area (Å²) in [6.07, 6.45) is 2.02. The minimum Gasteiger partial charge on any atom is -0.234 e. The van der Waals surface area contributed by atoms with Crippen LogP contribution in [0.2, 0.25) is 0 Å². The summed E-state index contributed by atoms with van der Waals surface area (Å²) in [6, 6.07) is 1.98. The van der Waals surface area contributed by atoms with Crippen molar-refractivity contribution in [3.63, 3.8) is 0 Å². The quantitative estimate of drug-likeness (QED) is 0.634. The molecule has 12 heavy (non-hydrogen) atoms. The largest absolute Gasteiger partial charge is 0.234 e. The van der Waals surface area contributed by atoms with Crippen molar-refractivity contribution in [2.24, 2.45) is 0 Å². The summed E-state index contributed by atoms with van der Waals surface area (Å²) >= 11 is 0. The van der Waals surface area contributed by atoms with E-state index in [0.717, 1.165) is 22.8 Å². The van der Waals surface area contributed by atoms with Gasteiger partial charge < -0.3 is 0 Å². The summed E-state index contributed by atoms with van der Waals surface area (Å²) in [5.74, 6) is 0.843. The van der Waals surface area contributed by atoms with E-state index in [4.69, 9.17) is 0 Å². The Hall–Kier alpha value is -1.18. The monoisotopic (exact) mass is 162 g/mol. The van der Waals surface area contributed by atoms with Gasteiger partial charge in [0.25, 0.3) is 0 Å². The Bertz CT molecular complexity index is 293. The average Bonchev–Trinajstić information content (AvgIpc) is 2.01. The van der Waals surface area contributed by atoms with Crippen molar-refractivity contribution >= 4 is 5.57 Å². The average molecular weight is 162 g/mol. The third-order valence-corrected chi connectivity index (χ3v) is 1.77. The van der Waals surface area contributed by atoms with Crippen LogP contribution >= 0.6 is 0 Å². The predicted octanol–water partition coefficient (Wildman–Crippen LogP) is 2.52. The molecule has 64 valence electrons. The molecule has 1 aromatic rings. The first-order valence-corrected chi connectivity index (χ1v) is 4.09. The van der Waals surface area contributed by atoms with Gasteiger partial charge in [0, 0.05) is 11.4 Å². The molecule has 2 nitrogen and oxygen atoms in total. The summed E-state index contributed by atoms with van der Waals surface area (Å²) in [7, 11) is 0. The van der Waals surface area contributed by atoms with Crippen LogP contribution in [0, 0.1) is 13.8 Å². The lowest BCUT2D eigenvalue weighted by Gasteiger charge is -2.01. The molecule has 0 saturated heterocycles. The fraction of sp³-hybridized carbons (Fsp3) is 0.400. The highest BCUT2D eigenvalue weighted by Crippen LogP contribution is 2.09. The van der Waals surface area contributed by atoms with E-state index in [1.165, 1.54) is 0 Å². The van der Waals surface area contributed by atoms with E-state index in [2.05, 4.69) is 9.97 Å². The molecule has 0 saturated carbocycles. The molecule has 0 amide bonds. The minimum atomic E-state index is 0.843. The van der Waals surface area contributed by atoms with E-state index in [0.29, 0.717) is 0 Å². The van der Waals surface area contributed by atoms with Gasteiger partial charge in [0.05, 0.1) is 0 Å². The van der Waals surface area contributed by atoms with Crippen molar-refractivity contribution in [1.29, 1.82) is 0 Å².